The smallest absolute Gasteiger partial charge is 0.339 e. The highest BCUT2D eigenvalue weighted by molar-refractivity contribution is 5.99. The Labute approximate surface area is 117 Å². The van der Waals surface area contributed by atoms with Crippen LogP contribution in [0.15, 0.2) is 18.2 Å². The van der Waals surface area contributed by atoms with E-state index in [0.29, 0.717) is 24.9 Å². The maximum atomic E-state index is 11.9. The first-order valence-corrected chi connectivity index (χ1v) is 6.53. The molecule has 0 radical (unpaired) electrons. The van der Waals surface area contributed by atoms with E-state index < -0.39 is 5.97 Å². The van der Waals surface area contributed by atoms with Crippen molar-refractivity contribution in [2.24, 2.45) is 0 Å². The van der Waals surface area contributed by atoms with Crippen molar-refractivity contribution in [3.63, 3.8) is 0 Å². The third-order valence-electron chi connectivity index (χ3n) is 2.69. The fourth-order valence-corrected chi connectivity index (χ4v) is 1.85. The number of carbonyl (C=O) groups excluding carboxylic acids is 3. The number of hydrogen-bond donors (Lipinski definition) is 0. The van der Waals surface area contributed by atoms with Crippen LogP contribution in [0.5, 0.6) is 0 Å². The van der Waals surface area contributed by atoms with Crippen LogP contribution in [0.3, 0.4) is 0 Å². The lowest BCUT2D eigenvalue weighted by Gasteiger charge is -2.10. The Kier molecular flexibility index (Phi) is 6.43. The SMILES string of the molecule is CCOC(=O)CCc1cccc(C=O)c1C(=O)OCC. The van der Waals surface area contributed by atoms with Crippen molar-refractivity contribution in [3.8, 4) is 0 Å². The molecule has 0 aliphatic carbocycles. The molecule has 0 saturated heterocycles. The first-order valence-electron chi connectivity index (χ1n) is 6.53. The molecule has 0 atom stereocenters. The fourth-order valence-electron chi connectivity index (χ4n) is 1.85. The van der Waals surface area contributed by atoms with Gasteiger partial charge in [0.25, 0.3) is 0 Å². The van der Waals surface area contributed by atoms with E-state index in [9.17, 15) is 14.4 Å². The second kappa shape index (κ2) is 8.09. The summed E-state index contributed by atoms with van der Waals surface area (Å²) in [4.78, 5) is 34.3. The molecule has 0 amide bonds. The highest BCUT2D eigenvalue weighted by Crippen LogP contribution is 2.17. The largest absolute Gasteiger partial charge is 0.466 e. The van der Waals surface area contributed by atoms with Crippen LogP contribution in [0.2, 0.25) is 0 Å². The monoisotopic (exact) mass is 278 g/mol. The molecule has 0 aliphatic rings. The summed E-state index contributed by atoms with van der Waals surface area (Å²) in [6.45, 7) is 3.97. The lowest BCUT2D eigenvalue weighted by Crippen LogP contribution is -2.13. The Balaban J connectivity index is 2.97. The van der Waals surface area contributed by atoms with Crippen LogP contribution >= 0.6 is 0 Å². The number of benzene rings is 1. The first kappa shape index (κ1) is 15.9. The molecular formula is C15H18O5. The van der Waals surface area contributed by atoms with E-state index in [1.54, 1.807) is 32.0 Å². The quantitative estimate of drug-likeness (QED) is 0.564. The summed E-state index contributed by atoms with van der Waals surface area (Å²) in [6, 6.07) is 4.93. The van der Waals surface area contributed by atoms with E-state index in [1.165, 1.54) is 0 Å². The van der Waals surface area contributed by atoms with Crippen molar-refractivity contribution in [1.29, 1.82) is 0 Å². The predicted molar refractivity (Wildman–Crippen MR) is 72.7 cm³/mol. The highest BCUT2D eigenvalue weighted by Gasteiger charge is 2.17. The van der Waals surface area contributed by atoms with Gasteiger partial charge in [-0.05, 0) is 25.8 Å². The molecule has 0 unspecified atom stereocenters. The standard InChI is InChI=1S/C15H18O5/c1-3-19-13(17)9-8-11-6-5-7-12(10-16)14(11)15(18)20-4-2/h5-7,10H,3-4,8-9H2,1-2H3. The van der Waals surface area contributed by atoms with Crippen LogP contribution in [0, 0.1) is 0 Å². The fraction of sp³-hybridized carbons (Fsp3) is 0.400. The molecule has 108 valence electrons. The number of aldehydes is 1. The highest BCUT2D eigenvalue weighted by atomic mass is 16.5. The predicted octanol–water partition coefficient (Wildman–Crippen LogP) is 2.17. The van der Waals surface area contributed by atoms with Gasteiger partial charge in [0.2, 0.25) is 0 Å². The molecule has 0 fully saturated rings. The lowest BCUT2D eigenvalue weighted by atomic mass is 9.98. The van der Waals surface area contributed by atoms with Crippen LogP contribution in [0.1, 0.15) is 46.5 Å². The normalized spacial score (nSPS) is 9.90. The summed E-state index contributed by atoms with van der Waals surface area (Å²) < 4.78 is 9.79. The lowest BCUT2D eigenvalue weighted by molar-refractivity contribution is -0.143. The molecule has 0 aromatic heterocycles. The van der Waals surface area contributed by atoms with Gasteiger partial charge in [-0.2, -0.15) is 0 Å². The number of ether oxygens (including phenoxy) is 2. The second-order valence-corrected chi connectivity index (χ2v) is 4.02. The minimum absolute atomic E-state index is 0.155. The van der Waals surface area contributed by atoms with Gasteiger partial charge in [0.05, 0.1) is 18.8 Å². The molecule has 1 aromatic rings. The second-order valence-electron chi connectivity index (χ2n) is 4.02. The Morgan fingerprint density at radius 1 is 1.15 bits per heavy atom. The minimum atomic E-state index is -0.547. The average Bonchev–Trinajstić information content (AvgIpc) is 2.45. The number of carbonyl (C=O) groups is 3. The Morgan fingerprint density at radius 2 is 1.85 bits per heavy atom. The number of hydrogen-bond acceptors (Lipinski definition) is 5. The van der Waals surface area contributed by atoms with Gasteiger partial charge in [-0.3, -0.25) is 9.59 Å². The van der Waals surface area contributed by atoms with E-state index in [2.05, 4.69) is 0 Å². The van der Waals surface area contributed by atoms with Crippen molar-refractivity contribution < 1.29 is 23.9 Å². The van der Waals surface area contributed by atoms with Crippen molar-refractivity contribution in [2.75, 3.05) is 13.2 Å². The zero-order valence-corrected chi connectivity index (χ0v) is 11.7. The molecule has 0 saturated carbocycles. The van der Waals surface area contributed by atoms with Crippen molar-refractivity contribution >= 4 is 18.2 Å². The Morgan fingerprint density at radius 3 is 2.45 bits per heavy atom. The minimum Gasteiger partial charge on any atom is -0.466 e. The van der Waals surface area contributed by atoms with E-state index in [4.69, 9.17) is 9.47 Å². The molecule has 5 nitrogen and oxygen atoms in total. The maximum absolute atomic E-state index is 11.9. The van der Waals surface area contributed by atoms with Gasteiger partial charge in [0.15, 0.2) is 6.29 Å². The van der Waals surface area contributed by atoms with Crippen LogP contribution in [-0.2, 0) is 20.7 Å². The van der Waals surface area contributed by atoms with Crippen molar-refractivity contribution in [1.82, 2.24) is 0 Å². The van der Waals surface area contributed by atoms with Gasteiger partial charge in [0.1, 0.15) is 0 Å². The molecule has 0 heterocycles. The Hall–Kier alpha value is -2.17. The molecular weight excluding hydrogens is 260 g/mol. The summed E-state index contributed by atoms with van der Waals surface area (Å²) in [6.07, 6.45) is 1.09. The molecule has 0 aliphatic heterocycles. The van der Waals surface area contributed by atoms with E-state index >= 15 is 0 Å². The van der Waals surface area contributed by atoms with Gasteiger partial charge < -0.3 is 9.47 Å². The van der Waals surface area contributed by atoms with Crippen LogP contribution < -0.4 is 0 Å². The van der Waals surface area contributed by atoms with Gasteiger partial charge >= 0.3 is 11.9 Å². The number of aryl methyl sites for hydroxylation is 1. The van der Waals surface area contributed by atoms with Gasteiger partial charge in [-0.15, -0.1) is 0 Å². The molecule has 0 spiro atoms. The Bertz CT molecular complexity index is 493. The molecule has 0 N–H and O–H groups in total. The van der Waals surface area contributed by atoms with Crippen LogP contribution in [-0.4, -0.2) is 31.4 Å². The third kappa shape index (κ3) is 4.19. The zero-order chi connectivity index (χ0) is 15.0. The maximum Gasteiger partial charge on any atom is 0.339 e. The van der Waals surface area contributed by atoms with Gasteiger partial charge in [-0.1, -0.05) is 18.2 Å². The molecule has 1 aromatic carbocycles. The van der Waals surface area contributed by atoms with Gasteiger partial charge in [-0.25, -0.2) is 4.79 Å². The van der Waals surface area contributed by atoms with E-state index in [1.807, 2.05) is 0 Å². The molecule has 5 heteroatoms. The van der Waals surface area contributed by atoms with E-state index in [-0.39, 0.29) is 30.1 Å². The topological polar surface area (TPSA) is 69.7 Å². The summed E-state index contributed by atoms with van der Waals surface area (Å²) in [5.74, 6) is -0.882. The van der Waals surface area contributed by atoms with Crippen molar-refractivity contribution in [3.05, 3.63) is 34.9 Å². The summed E-state index contributed by atoms with van der Waals surface area (Å²) in [5.41, 5.74) is 1.11. The zero-order valence-electron chi connectivity index (χ0n) is 11.7. The number of esters is 2. The summed E-state index contributed by atoms with van der Waals surface area (Å²) in [5, 5.41) is 0. The number of rotatable bonds is 7. The first-order chi connectivity index (χ1) is 9.63. The van der Waals surface area contributed by atoms with E-state index in [0.717, 1.165) is 0 Å². The molecule has 1 rings (SSSR count). The molecule has 0 bridgehead atoms. The van der Waals surface area contributed by atoms with Crippen molar-refractivity contribution in [2.45, 2.75) is 26.7 Å². The third-order valence-corrected chi connectivity index (χ3v) is 2.69. The van der Waals surface area contributed by atoms with Crippen LogP contribution in [0.25, 0.3) is 0 Å². The average molecular weight is 278 g/mol. The molecule has 20 heavy (non-hydrogen) atoms. The summed E-state index contributed by atoms with van der Waals surface area (Å²) >= 11 is 0. The van der Waals surface area contributed by atoms with Crippen LogP contribution in [0.4, 0.5) is 0 Å². The van der Waals surface area contributed by atoms with Gasteiger partial charge in [0, 0.05) is 12.0 Å². The summed E-state index contributed by atoms with van der Waals surface area (Å²) in [7, 11) is 0.